The predicted molar refractivity (Wildman–Crippen MR) is 102 cm³/mol. The Kier molecular flexibility index (Phi) is 4.92. The van der Waals surface area contributed by atoms with E-state index in [0.29, 0.717) is 24.3 Å². The number of hydrogen-bond acceptors (Lipinski definition) is 3. The van der Waals surface area contributed by atoms with Crippen molar-refractivity contribution in [3.05, 3.63) is 88.9 Å². The van der Waals surface area contributed by atoms with Crippen molar-refractivity contribution in [2.24, 2.45) is 0 Å². The summed E-state index contributed by atoms with van der Waals surface area (Å²) in [6.45, 7) is 1.34. The maximum atomic E-state index is 13.7. The number of hydrogen-bond donors (Lipinski definition) is 0. The van der Waals surface area contributed by atoms with Crippen LogP contribution in [0.3, 0.4) is 0 Å². The maximum Gasteiger partial charge on any atom is 0.435 e. The number of rotatable bonds is 2. The molecule has 0 amide bonds. The average Bonchev–Trinajstić information content (AvgIpc) is 2.85. The van der Waals surface area contributed by atoms with Gasteiger partial charge in [-0.15, -0.1) is 10.2 Å². The molecule has 0 saturated carbocycles. The monoisotopic (exact) mass is 399 g/mol. The molecular formula is C22H17F4N3. The van der Waals surface area contributed by atoms with E-state index in [2.05, 4.69) is 21.2 Å². The van der Waals surface area contributed by atoms with Gasteiger partial charge in [0.25, 0.3) is 0 Å². The Morgan fingerprint density at radius 3 is 2.45 bits per heavy atom. The second kappa shape index (κ2) is 7.40. The zero-order valence-electron chi connectivity index (χ0n) is 15.5. The minimum absolute atomic E-state index is 0.306. The Balaban J connectivity index is 1.75. The van der Waals surface area contributed by atoms with Crippen molar-refractivity contribution in [1.29, 1.82) is 0 Å². The molecular weight excluding hydrogens is 382 g/mol. The molecule has 0 radical (unpaired) electrons. The van der Waals surface area contributed by atoms with Gasteiger partial charge in [-0.1, -0.05) is 30.3 Å². The summed E-state index contributed by atoms with van der Waals surface area (Å²) in [6, 6.07) is 14.3. The summed E-state index contributed by atoms with van der Waals surface area (Å²) in [5.74, 6) is -0.306. The van der Waals surface area contributed by atoms with Gasteiger partial charge in [0.1, 0.15) is 5.82 Å². The van der Waals surface area contributed by atoms with Crippen molar-refractivity contribution in [2.75, 3.05) is 13.6 Å². The van der Waals surface area contributed by atoms with Crippen molar-refractivity contribution >= 4 is 5.57 Å². The van der Waals surface area contributed by atoms with Crippen LogP contribution in [0.1, 0.15) is 22.4 Å². The summed E-state index contributed by atoms with van der Waals surface area (Å²) in [4.78, 5) is 2.10. The SMILES string of the molecule is CN1CC=C(c2cccc(F)c2)c2ccc(-c3ccc(C(F)(F)F)nn3)cc2C1. The fourth-order valence-corrected chi connectivity index (χ4v) is 3.43. The Morgan fingerprint density at radius 1 is 0.931 bits per heavy atom. The molecule has 3 nitrogen and oxygen atoms in total. The Labute approximate surface area is 165 Å². The van der Waals surface area contributed by atoms with E-state index < -0.39 is 11.9 Å². The third-order valence-electron chi connectivity index (χ3n) is 4.83. The van der Waals surface area contributed by atoms with Gasteiger partial charge in [-0.3, -0.25) is 4.90 Å². The van der Waals surface area contributed by atoms with Crippen LogP contribution >= 0.6 is 0 Å². The van der Waals surface area contributed by atoms with E-state index in [0.717, 1.165) is 28.3 Å². The zero-order chi connectivity index (χ0) is 20.6. The number of fused-ring (bicyclic) bond motifs is 1. The number of aromatic nitrogens is 2. The zero-order valence-corrected chi connectivity index (χ0v) is 15.5. The third-order valence-corrected chi connectivity index (χ3v) is 4.83. The smallest absolute Gasteiger partial charge is 0.298 e. The van der Waals surface area contributed by atoms with Crippen LogP contribution in [-0.4, -0.2) is 28.7 Å². The molecule has 0 fully saturated rings. The fraction of sp³-hybridized carbons (Fsp3) is 0.182. The first-order chi connectivity index (χ1) is 13.8. The van der Waals surface area contributed by atoms with Gasteiger partial charge in [-0.2, -0.15) is 13.2 Å². The highest BCUT2D eigenvalue weighted by molar-refractivity contribution is 5.83. The quantitative estimate of drug-likeness (QED) is 0.556. The van der Waals surface area contributed by atoms with Crippen molar-refractivity contribution in [2.45, 2.75) is 12.7 Å². The molecule has 4 rings (SSSR count). The lowest BCUT2D eigenvalue weighted by atomic mass is 9.92. The molecule has 0 aliphatic carbocycles. The summed E-state index contributed by atoms with van der Waals surface area (Å²) >= 11 is 0. The van der Waals surface area contributed by atoms with E-state index in [1.165, 1.54) is 18.2 Å². The van der Waals surface area contributed by atoms with Crippen LogP contribution in [0.15, 0.2) is 60.7 Å². The van der Waals surface area contributed by atoms with E-state index >= 15 is 0 Å². The van der Waals surface area contributed by atoms with E-state index in [-0.39, 0.29) is 5.82 Å². The van der Waals surface area contributed by atoms with Gasteiger partial charge in [-0.05, 0) is 59.6 Å². The van der Waals surface area contributed by atoms with Gasteiger partial charge in [0.05, 0.1) is 5.69 Å². The van der Waals surface area contributed by atoms with Gasteiger partial charge in [0.15, 0.2) is 5.69 Å². The second-order valence-electron chi connectivity index (χ2n) is 7.00. The Bertz CT molecular complexity index is 1070. The first kappa shape index (κ1) is 19.3. The first-order valence-corrected chi connectivity index (χ1v) is 9.00. The molecule has 0 bridgehead atoms. The largest absolute Gasteiger partial charge is 0.435 e. The maximum absolute atomic E-state index is 13.7. The molecule has 0 spiro atoms. The molecule has 0 unspecified atom stereocenters. The lowest BCUT2D eigenvalue weighted by Crippen LogP contribution is -2.16. The van der Waals surface area contributed by atoms with Gasteiger partial charge in [0, 0.05) is 18.7 Å². The fourth-order valence-electron chi connectivity index (χ4n) is 3.43. The van der Waals surface area contributed by atoms with Crippen molar-refractivity contribution in [3.8, 4) is 11.3 Å². The van der Waals surface area contributed by atoms with Crippen LogP contribution in [0.5, 0.6) is 0 Å². The molecule has 1 aliphatic heterocycles. The molecule has 3 aromatic rings. The highest BCUT2D eigenvalue weighted by Gasteiger charge is 2.33. The van der Waals surface area contributed by atoms with Gasteiger partial charge in [-0.25, -0.2) is 4.39 Å². The topological polar surface area (TPSA) is 29.0 Å². The number of likely N-dealkylation sites (N-methyl/N-ethyl adjacent to an activating group) is 1. The van der Waals surface area contributed by atoms with Crippen LogP contribution in [0.4, 0.5) is 17.6 Å². The van der Waals surface area contributed by atoms with Gasteiger partial charge in [0.2, 0.25) is 0 Å². The molecule has 7 heteroatoms. The number of halogens is 4. The normalized spacial score (nSPS) is 14.9. The Morgan fingerprint density at radius 2 is 1.76 bits per heavy atom. The predicted octanol–water partition coefficient (Wildman–Crippen LogP) is 5.18. The number of nitrogens with zero attached hydrogens (tertiary/aromatic N) is 3. The highest BCUT2D eigenvalue weighted by Crippen LogP contribution is 2.33. The molecule has 1 aromatic heterocycles. The van der Waals surface area contributed by atoms with Crippen molar-refractivity contribution in [3.63, 3.8) is 0 Å². The minimum Gasteiger partial charge on any atom is -0.298 e. The first-order valence-electron chi connectivity index (χ1n) is 9.00. The van der Waals surface area contributed by atoms with E-state index in [1.54, 1.807) is 12.1 Å². The van der Waals surface area contributed by atoms with Crippen LogP contribution in [0.2, 0.25) is 0 Å². The summed E-state index contributed by atoms with van der Waals surface area (Å²) in [5.41, 5.74) is 3.68. The molecule has 1 aliphatic rings. The van der Waals surface area contributed by atoms with Gasteiger partial charge >= 0.3 is 6.18 Å². The Hall–Kier alpha value is -3.06. The number of alkyl halides is 3. The van der Waals surface area contributed by atoms with E-state index in [4.69, 9.17) is 0 Å². The summed E-state index contributed by atoms with van der Waals surface area (Å²) < 4.78 is 51.9. The summed E-state index contributed by atoms with van der Waals surface area (Å²) in [7, 11) is 1.97. The lowest BCUT2D eigenvalue weighted by molar-refractivity contribution is -0.141. The van der Waals surface area contributed by atoms with Crippen molar-refractivity contribution < 1.29 is 17.6 Å². The van der Waals surface area contributed by atoms with E-state index in [9.17, 15) is 17.6 Å². The van der Waals surface area contributed by atoms with Crippen LogP contribution in [0.25, 0.3) is 16.8 Å². The van der Waals surface area contributed by atoms with Crippen LogP contribution in [-0.2, 0) is 12.7 Å². The molecule has 0 saturated heterocycles. The standard InChI is InChI=1S/C22H17F4N3/c1-29-10-9-19(14-3-2-4-17(23)12-14)18-6-5-15(11-16(18)13-29)20-7-8-21(28-27-20)22(24,25)26/h2-9,11-12H,10,13H2,1H3. The minimum atomic E-state index is -4.52. The average molecular weight is 399 g/mol. The van der Waals surface area contributed by atoms with E-state index in [1.807, 2.05) is 25.2 Å². The van der Waals surface area contributed by atoms with Crippen LogP contribution in [0, 0.1) is 5.82 Å². The molecule has 148 valence electrons. The molecule has 2 heterocycles. The highest BCUT2D eigenvalue weighted by atomic mass is 19.4. The molecule has 2 aromatic carbocycles. The summed E-state index contributed by atoms with van der Waals surface area (Å²) in [5, 5.41) is 7.05. The summed E-state index contributed by atoms with van der Waals surface area (Å²) in [6.07, 6.45) is -2.47. The van der Waals surface area contributed by atoms with Crippen molar-refractivity contribution in [1.82, 2.24) is 15.1 Å². The lowest BCUT2D eigenvalue weighted by Gasteiger charge is -2.15. The molecule has 29 heavy (non-hydrogen) atoms. The molecule has 0 N–H and O–H groups in total. The second-order valence-corrected chi connectivity index (χ2v) is 7.00. The third kappa shape index (κ3) is 4.05. The number of benzene rings is 2. The molecule has 0 atom stereocenters. The van der Waals surface area contributed by atoms with Crippen LogP contribution < -0.4 is 0 Å². The van der Waals surface area contributed by atoms with Gasteiger partial charge < -0.3 is 0 Å².